The van der Waals surface area contributed by atoms with Gasteiger partial charge in [-0.1, -0.05) is 75.1 Å². The maximum atomic E-state index is 10.2. The lowest BCUT2D eigenvalue weighted by Crippen LogP contribution is -1.89. The van der Waals surface area contributed by atoms with E-state index in [-0.39, 0.29) is 5.75 Å². The van der Waals surface area contributed by atoms with Gasteiger partial charge in [0.1, 0.15) is 11.5 Å². The van der Waals surface area contributed by atoms with Crippen LogP contribution in [0.3, 0.4) is 0 Å². The van der Waals surface area contributed by atoms with Crippen molar-refractivity contribution >= 4 is 0 Å². The Morgan fingerprint density at radius 2 is 1.11 bits per heavy atom. The fourth-order valence-corrected chi connectivity index (χ4v) is 3.39. The summed E-state index contributed by atoms with van der Waals surface area (Å²) in [4.78, 5) is 0. The van der Waals surface area contributed by atoms with Gasteiger partial charge < -0.3 is 10.2 Å². The summed E-state index contributed by atoms with van der Waals surface area (Å²) in [5.41, 5.74) is 5.51. The Morgan fingerprint density at radius 1 is 0.593 bits per heavy atom. The van der Waals surface area contributed by atoms with Crippen LogP contribution >= 0.6 is 0 Å². The summed E-state index contributed by atoms with van der Waals surface area (Å²) in [5, 5.41) is 19.6. The van der Waals surface area contributed by atoms with Gasteiger partial charge in [0.15, 0.2) is 0 Å². The van der Waals surface area contributed by atoms with E-state index in [4.69, 9.17) is 0 Å². The third-order valence-corrected chi connectivity index (χ3v) is 5.05. The van der Waals surface area contributed by atoms with Gasteiger partial charge >= 0.3 is 0 Å². The van der Waals surface area contributed by atoms with Crippen LogP contribution in [0.1, 0.15) is 44.6 Å². The van der Waals surface area contributed by atoms with Crippen LogP contribution in [0, 0.1) is 0 Å². The lowest BCUT2D eigenvalue weighted by atomic mass is 9.97. The molecular formula is C25H28O2. The minimum absolute atomic E-state index is 0.279. The van der Waals surface area contributed by atoms with Gasteiger partial charge in [0, 0.05) is 0 Å². The van der Waals surface area contributed by atoms with Gasteiger partial charge in [0.2, 0.25) is 0 Å². The van der Waals surface area contributed by atoms with Crippen molar-refractivity contribution in [3.8, 4) is 33.8 Å². The molecule has 2 heteroatoms. The van der Waals surface area contributed by atoms with Crippen molar-refractivity contribution in [3.05, 3.63) is 72.3 Å². The van der Waals surface area contributed by atoms with E-state index in [0.717, 1.165) is 40.7 Å². The summed E-state index contributed by atoms with van der Waals surface area (Å²) < 4.78 is 0. The largest absolute Gasteiger partial charge is 0.508 e. The van der Waals surface area contributed by atoms with Crippen molar-refractivity contribution < 1.29 is 10.2 Å². The molecule has 3 rings (SSSR count). The molecule has 0 radical (unpaired) electrons. The second kappa shape index (κ2) is 9.27. The lowest BCUT2D eigenvalue weighted by molar-refractivity contribution is 0.466. The molecule has 0 aromatic heterocycles. The molecule has 0 fully saturated rings. The first kappa shape index (κ1) is 19.0. The molecule has 0 heterocycles. The number of benzene rings is 3. The highest BCUT2D eigenvalue weighted by Crippen LogP contribution is 2.29. The summed E-state index contributed by atoms with van der Waals surface area (Å²) in [6.07, 6.45) is 7.08. The number of hydrogen-bond donors (Lipinski definition) is 2. The summed E-state index contributed by atoms with van der Waals surface area (Å²) in [6.45, 7) is 2.22. The SMILES string of the molecule is CCCCCCCc1cc(-c2ccc(-c3ccc(O)cc3)cc2)ccc1O. The highest BCUT2D eigenvalue weighted by Gasteiger charge is 2.06. The van der Waals surface area contributed by atoms with E-state index in [1.54, 1.807) is 12.1 Å². The van der Waals surface area contributed by atoms with E-state index < -0.39 is 0 Å². The Hall–Kier alpha value is -2.74. The molecule has 0 aliphatic heterocycles. The maximum Gasteiger partial charge on any atom is 0.118 e. The predicted octanol–water partition coefficient (Wildman–Crippen LogP) is 6.94. The van der Waals surface area contributed by atoms with Gasteiger partial charge in [-0.2, -0.15) is 0 Å². The number of aryl methyl sites for hydroxylation is 1. The highest BCUT2D eigenvalue weighted by atomic mass is 16.3. The zero-order valence-corrected chi connectivity index (χ0v) is 16.0. The van der Waals surface area contributed by atoms with Crippen molar-refractivity contribution in [2.75, 3.05) is 0 Å². The van der Waals surface area contributed by atoms with Crippen LogP contribution in [-0.2, 0) is 6.42 Å². The average Bonchev–Trinajstić information content (AvgIpc) is 2.70. The van der Waals surface area contributed by atoms with Crippen LogP contribution in [-0.4, -0.2) is 10.2 Å². The number of unbranched alkanes of at least 4 members (excludes halogenated alkanes) is 4. The molecule has 3 aromatic carbocycles. The van der Waals surface area contributed by atoms with Gasteiger partial charge in [-0.05, 0) is 64.9 Å². The quantitative estimate of drug-likeness (QED) is 0.427. The molecule has 3 aromatic rings. The smallest absolute Gasteiger partial charge is 0.118 e. The maximum absolute atomic E-state index is 10.2. The van der Waals surface area contributed by atoms with Gasteiger partial charge in [-0.3, -0.25) is 0 Å². The molecule has 0 aliphatic rings. The van der Waals surface area contributed by atoms with Gasteiger partial charge in [0.25, 0.3) is 0 Å². The number of rotatable bonds is 8. The predicted molar refractivity (Wildman–Crippen MR) is 113 cm³/mol. The molecule has 0 unspecified atom stereocenters. The van der Waals surface area contributed by atoms with Crippen LogP contribution in [0.15, 0.2) is 66.7 Å². The summed E-state index contributed by atoms with van der Waals surface area (Å²) in [6, 6.07) is 21.6. The normalized spacial score (nSPS) is 10.9. The topological polar surface area (TPSA) is 40.5 Å². The molecule has 0 amide bonds. The van der Waals surface area contributed by atoms with Gasteiger partial charge in [-0.25, -0.2) is 0 Å². The Balaban J connectivity index is 1.72. The standard InChI is InChI=1S/C25H28O2/c1-2-3-4-5-6-7-23-18-22(14-17-25(23)27)21-10-8-19(9-11-21)20-12-15-24(26)16-13-20/h8-18,26-27H,2-7H2,1H3. The highest BCUT2D eigenvalue weighted by molar-refractivity contribution is 5.71. The third kappa shape index (κ3) is 5.13. The van der Waals surface area contributed by atoms with Crippen molar-refractivity contribution in [2.45, 2.75) is 45.4 Å². The Kier molecular flexibility index (Phi) is 6.54. The molecule has 2 nitrogen and oxygen atoms in total. The fourth-order valence-electron chi connectivity index (χ4n) is 3.39. The van der Waals surface area contributed by atoms with E-state index in [0.29, 0.717) is 5.75 Å². The summed E-state index contributed by atoms with van der Waals surface area (Å²) >= 11 is 0. The zero-order valence-electron chi connectivity index (χ0n) is 16.0. The first-order valence-electron chi connectivity index (χ1n) is 9.89. The zero-order chi connectivity index (χ0) is 19.1. The van der Waals surface area contributed by atoms with E-state index >= 15 is 0 Å². The summed E-state index contributed by atoms with van der Waals surface area (Å²) in [7, 11) is 0. The number of phenolic OH excluding ortho intramolecular Hbond substituents is 2. The van der Waals surface area contributed by atoms with Crippen molar-refractivity contribution in [3.63, 3.8) is 0 Å². The molecule has 2 N–H and O–H groups in total. The minimum Gasteiger partial charge on any atom is -0.508 e. The van der Waals surface area contributed by atoms with E-state index in [9.17, 15) is 10.2 Å². The summed E-state index contributed by atoms with van der Waals surface area (Å²) in [5.74, 6) is 0.677. The number of aromatic hydroxyl groups is 2. The van der Waals surface area contributed by atoms with E-state index in [2.05, 4.69) is 37.3 Å². The lowest BCUT2D eigenvalue weighted by Gasteiger charge is -2.09. The first-order valence-corrected chi connectivity index (χ1v) is 9.89. The third-order valence-electron chi connectivity index (χ3n) is 5.05. The van der Waals surface area contributed by atoms with Crippen LogP contribution in [0.25, 0.3) is 22.3 Å². The second-order valence-corrected chi connectivity index (χ2v) is 7.13. The van der Waals surface area contributed by atoms with Crippen molar-refractivity contribution in [2.24, 2.45) is 0 Å². The molecule has 0 spiro atoms. The Morgan fingerprint density at radius 3 is 1.74 bits per heavy atom. The molecular weight excluding hydrogens is 332 g/mol. The van der Waals surface area contributed by atoms with E-state index in [1.165, 1.54) is 25.7 Å². The van der Waals surface area contributed by atoms with Crippen LogP contribution in [0.5, 0.6) is 11.5 Å². The van der Waals surface area contributed by atoms with Gasteiger partial charge in [-0.15, -0.1) is 0 Å². The molecule has 27 heavy (non-hydrogen) atoms. The fraction of sp³-hybridized carbons (Fsp3) is 0.280. The van der Waals surface area contributed by atoms with E-state index in [1.807, 2.05) is 24.3 Å². The number of hydrogen-bond acceptors (Lipinski definition) is 2. The van der Waals surface area contributed by atoms with Crippen LogP contribution in [0.2, 0.25) is 0 Å². The molecule has 0 bridgehead atoms. The van der Waals surface area contributed by atoms with Crippen LogP contribution in [0.4, 0.5) is 0 Å². The second-order valence-electron chi connectivity index (χ2n) is 7.13. The molecule has 0 atom stereocenters. The average molecular weight is 360 g/mol. The number of phenols is 2. The first-order chi connectivity index (χ1) is 13.2. The van der Waals surface area contributed by atoms with Crippen molar-refractivity contribution in [1.29, 1.82) is 0 Å². The van der Waals surface area contributed by atoms with Crippen molar-refractivity contribution in [1.82, 2.24) is 0 Å². The molecule has 0 aliphatic carbocycles. The Bertz CT molecular complexity index is 848. The van der Waals surface area contributed by atoms with Crippen LogP contribution < -0.4 is 0 Å². The monoisotopic (exact) mass is 360 g/mol. The molecule has 140 valence electrons. The molecule has 0 saturated carbocycles. The van der Waals surface area contributed by atoms with Gasteiger partial charge in [0.05, 0.1) is 0 Å². The Labute approximate surface area is 162 Å². The molecule has 0 saturated heterocycles. The minimum atomic E-state index is 0.279.